The van der Waals surface area contributed by atoms with E-state index in [0.29, 0.717) is 0 Å². The van der Waals surface area contributed by atoms with Crippen LogP contribution >= 0.6 is 0 Å². The van der Waals surface area contributed by atoms with Gasteiger partial charge >= 0.3 is 0 Å². The molecular weight excluding hydrogens is 258 g/mol. The van der Waals surface area contributed by atoms with Crippen LogP contribution in [0.1, 0.15) is 29.8 Å². The van der Waals surface area contributed by atoms with E-state index in [1.165, 1.54) is 16.3 Å². The molecule has 21 heavy (non-hydrogen) atoms. The van der Waals surface area contributed by atoms with Gasteiger partial charge in [0.05, 0.1) is 11.7 Å². The Morgan fingerprint density at radius 3 is 2.67 bits per heavy atom. The molecule has 0 aliphatic heterocycles. The van der Waals surface area contributed by atoms with Crippen molar-refractivity contribution in [1.82, 2.24) is 10.4 Å². The number of nitrogens with zero attached hydrogens (tertiary/aromatic N) is 1. The van der Waals surface area contributed by atoms with Crippen LogP contribution in [0.2, 0.25) is 0 Å². The van der Waals surface area contributed by atoms with Crippen LogP contribution in [-0.2, 0) is 6.42 Å². The lowest BCUT2D eigenvalue weighted by Crippen LogP contribution is -2.30. The Labute approximate surface area is 124 Å². The fourth-order valence-corrected chi connectivity index (χ4v) is 2.83. The van der Waals surface area contributed by atoms with Gasteiger partial charge in [0.1, 0.15) is 0 Å². The first-order valence-corrected chi connectivity index (χ1v) is 7.22. The van der Waals surface area contributed by atoms with E-state index < -0.39 is 0 Å². The van der Waals surface area contributed by atoms with Gasteiger partial charge in [-0.1, -0.05) is 55.5 Å². The highest BCUT2D eigenvalue weighted by Crippen LogP contribution is 2.29. The molecule has 3 N–H and O–H groups in total. The largest absolute Gasteiger partial charge is 0.271 e. The maximum Gasteiger partial charge on any atom is 0.0890 e. The summed E-state index contributed by atoms with van der Waals surface area (Å²) >= 11 is 0. The van der Waals surface area contributed by atoms with Gasteiger partial charge in [-0.05, 0) is 34.4 Å². The molecule has 0 saturated heterocycles. The van der Waals surface area contributed by atoms with E-state index in [1.54, 1.807) is 0 Å². The van der Waals surface area contributed by atoms with Gasteiger partial charge in [-0.2, -0.15) is 0 Å². The summed E-state index contributed by atoms with van der Waals surface area (Å²) in [6, 6.07) is 18.6. The van der Waals surface area contributed by atoms with E-state index in [4.69, 9.17) is 5.84 Å². The molecule has 3 rings (SSSR count). The smallest absolute Gasteiger partial charge is 0.0890 e. The topological polar surface area (TPSA) is 50.9 Å². The molecule has 0 spiro atoms. The van der Waals surface area contributed by atoms with Crippen LogP contribution in [0.5, 0.6) is 0 Å². The highest BCUT2D eigenvalue weighted by molar-refractivity contribution is 5.86. The van der Waals surface area contributed by atoms with Gasteiger partial charge in [-0.3, -0.25) is 10.8 Å². The van der Waals surface area contributed by atoms with Crippen LogP contribution in [0.4, 0.5) is 0 Å². The quantitative estimate of drug-likeness (QED) is 0.568. The zero-order valence-electron chi connectivity index (χ0n) is 12.1. The zero-order valence-corrected chi connectivity index (χ0v) is 12.1. The third-order valence-corrected chi connectivity index (χ3v) is 3.88. The number of pyridine rings is 1. The van der Waals surface area contributed by atoms with Gasteiger partial charge in [-0.25, -0.2) is 5.43 Å². The van der Waals surface area contributed by atoms with Crippen LogP contribution in [0, 0.1) is 0 Å². The monoisotopic (exact) mass is 277 g/mol. The van der Waals surface area contributed by atoms with Gasteiger partial charge in [0.2, 0.25) is 0 Å². The molecule has 1 aromatic heterocycles. The predicted molar refractivity (Wildman–Crippen MR) is 86.7 cm³/mol. The molecule has 0 amide bonds. The molecule has 0 saturated carbocycles. The third-order valence-electron chi connectivity index (χ3n) is 3.88. The van der Waals surface area contributed by atoms with Crippen LogP contribution in [0.25, 0.3) is 10.8 Å². The van der Waals surface area contributed by atoms with Gasteiger partial charge in [-0.15, -0.1) is 0 Å². The van der Waals surface area contributed by atoms with Gasteiger partial charge in [0, 0.05) is 6.20 Å². The minimum absolute atomic E-state index is 0.104. The highest BCUT2D eigenvalue weighted by atomic mass is 15.2. The second kappa shape index (κ2) is 6.04. The Bertz CT molecular complexity index is 747. The van der Waals surface area contributed by atoms with E-state index in [1.807, 2.05) is 12.3 Å². The molecule has 1 atom stereocenters. The minimum atomic E-state index is -0.104. The summed E-state index contributed by atoms with van der Waals surface area (Å²) in [6.45, 7) is 2.14. The molecule has 3 aromatic rings. The Kier molecular flexibility index (Phi) is 3.95. The molecule has 0 fully saturated rings. The van der Waals surface area contributed by atoms with Crippen molar-refractivity contribution in [2.75, 3.05) is 0 Å². The molecule has 0 radical (unpaired) electrons. The van der Waals surface area contributed by atoms with Crippen LogP contribution < -0.4 is 11.3 Å². The maximum absolute atomic E-state index is 5.86. The number of aryl methyl sites for hydroxylation is 1. The molecule has 106 valence electrons. The molecule has 1 heterocycles. The van der Waals surface area contributed by atoms with Crippen molar-refractivity contribution in [3.63, 3.8) is 0 Å². The number of hydrogen-bond donors (Lipinski definition) is 2. The van der Waals surface area contributed by atoms with Crippen LogP contribution in [0.3, 0.4) is 0 Å². The SMILES string of the molecule is CCc1cccnc1C(NN)c1cccc2ccccc12. The van der Waals surface area contributed by atoms with Crippen molar-refractivity contribution in [2.45, 2.75) is 19.4 Å². The zero-order chi connectivity index (χ0) is 14.7. The number of hydrogen-bond acceptors (Lipinski definition) is 3. The molecular formula is C18H19N3. The molecule has 3 nitrogen and oxygen atoms in total. The minimum Gasteiger partial charge on any atom is -0.271 e. The summed E-state index contributed by atoms with van der Waals surface area (Å²) in [5.41, 5.74) is 6.31. The summed E-state index contributed by atoms with van der Waals surface area (Å²) < 4.78 is 0. The molecule has 2 aromatic carbocycles. The second-order valence-corrected chi connectivity index (χ2v) is 5.07. The first-order valence-electron chi connectivity index (χ1n) is 7.22. The first-order chi connectivity index (χ1) is 10.3. The fourth-order valence-electron chi connectivity index (χ4n) is 2.83. The van der Waals surface area contributed by atoms with Gasteiger partial charge in [0.15, 0.2) is 0 Å². The first kappa shape index (κ1) is 13.7. The lowest BCUT2D eigenvalue weighted by molar-refractivity contribution is 0.618. The van der Waals surface area contributed by atoms with Gasteiger partial charge < -0.3 is 0 Å². The number of rotatable bonds is 4. The standard InChI is InChI=1S/C18H19N3/c1-2-13-9-6-12-20-17(13)18(21-19)16-11-5-8-14-7-3-4-10-15(14)16/h3-12,18,21H,2,19H2,1H3. The molecule has 1 unspecified atom stereocenters. The summed E-state index contributed by atoms with van der Waals surface area (Å²) in [6.07, 6.45) is 2.76. The summed E-state index contributed by atoms with van der Waals surface area (Å²) in [5, 5.41) is 2.42. The number of nitrogens with two attached hydrogens (primary N) is 1. The lowest BCUT2D eigenvalue weighted by Gasteiger charge is -2.20. The van der Waals surface area contributed by atoms with Crippen molar-refractivity contribution in [3.05, 3.63) is 77.6 Å². The maximum atomic E-state index is 5.86. The molecule has 3 heteroatoms. The molecule has 0 bridgehead atoms. The van der Waals surface area contributed by atoms with Crippen molar-refractivity contribution in [2.24, 2.45) is 5.84 Å². The van der Waals surface area contributed by atoms with Crippen molar-refractivity contribution < 1.29 is 0 Å². The summed E-state index contributed by atoms with van der Waals surface area (Å²) in [7, 11) is 0. The van der Waals surface area contributed by atoms with Crippen molar-refractivity contribution in [1.29, 1.82) is 0 Å². The van der Waals surface area contributed by atoms with Crippen LogP contribution in [0.15, 0.2) is 60.8 Å². The fraction of sp³-hybridized carbons (Fsp3) is 0.167. The molecule has 0 aliphatic rings. The molecule has 0 aliphatic carbocycles. The number of nitrogens with one attached hydrogen (secondary N) is 1. The Hall–Kier alpha value is -2.23. The van der Waals surface area contributed by atoms with E-state index >= 15 is 0 Å². The Morgan fingerprint density at radius 2 is 1.86 bits per heavy atom. The normalized spacial score (nSPS) is 12.5. The number of hydrazine groups is 1. The highest BCUT2D eigenvalue weighted by Gasteiger charge is 2.18. The van der Waals surface area contributed by atoms with E-state index in [2.05, 4.69) is 65.9 Å². The summed E-state index contributed by atoms with van der Waals surface area (Å²) in [5.74, 6) is 5.86. The van der Waals surface area contributed by atoms with E-state index in [9.17, 15) is 0 Å². The third kappa shape index (κ3) is 2.53. The Morgan fingerprint density at radius 1 is 1.05 bits per heavy atom. The number of fused-ring (bicyclic) bond motifs is 1. The second-order valence-electron chi connectivity index (χ2n) is 5.07. The van der Waals surface area contributed by atoms with E-state index in [0.717, 1.165) is 17.7 Å². The predicted octanol–water partition coefficient (Wildman–Crippen LogP) is 3.35. The average Bonchev–Trinajstić information content (AvgIpc) is 2.56. The Balaban J connectivity index is 2.19. The summed E-state index contributed by atoms with van der Waals surface area (Å²) in [4.78, 5) is 4.56. The van der Waals surface area contributed by atoms with Crippen molar-refractivity contribution >= 4 is 10.8 Å². The van der Waals surface area contributed by atoms with Crippen LogP contribution in [-0.4, -0.2) is 4.98 Å². The number of aromatic nitrogens is 1. The lowest BCUT2D eigenvalue weighted by atomic mass is 9.94. The van der Waals surface area contributed by atoms with E-state index in [-0.39, 0.29) is 6.04 Å². The van der Waals surface area contributed by atoms with Crippen molar-refractivity contribution in [3.8, 4) is 0 Å². The van der Waals surface area contributed by atoms with Gasteiger partial charge in [0.25, 0.3) is 0 Å². The average molecular weight is 277 g/mol. The number of benzene rings is 2.